The number of halogens is 4. The van der Waals surface area contributed by atoms with Crippen LogP contribution >= 0.6 is 11.8 Å². The van der Waals surface area contributed by atoms with Gasteiger partial charge >= 0.3 is 5.97 Å². The van der Waals surface area contributed by atoms with Gasteiger partial charge < -0.3 is 5.11 Å². The van der Waals surface area contributed by atoms with E-state index in [0.29, 0.717) is 11.8 Å². The molecule has 1 N–H and O–H groups in total. The Labute approximate surface area is 92.3 Å². The van der Waals surface area contributed by atoms with Gasteiger partial charge in [0.25, 0.3) is 0 Å². The molecule has 0 aliphatic heterocycles. The van der Waals surface area contributed by atoms with Crippen LogP contribution in [0.2, 0.25) is 0 Å². The topological polar surface area (TPSA) is 37.3 Å². The van der Waals surface area contributed by atoms with Crippen molar-refractivity contribution in [3.63, 3.8) is 0 Å². The van der Waals surface area contributed by atoms with E-state index in [1.165, 1.54) is 6.92 Å². The van der Waals surface area contributed by atoms with E-state index < -0.39 is 39.7 Å². The van der Waals surface area contributed by atoms with Crippen molar-refractivity contribution >= 4 is 17.7 Å². The Morgan fingerprint density at radius 1 is 1.12 bits per heavy atom. The molecule has 0 aliphatic rings. The van der Waals surface area contributed by atoms with Crippen LogP contribution in [0.5, 0.6) is 0 Å². The molecule has 0 atom stereocenters. The van der Waals surface area contributed by atoms with E-state index in [1.807, 2.05) is 0 Å². The van der Waals surface area contributed by atoms with Gasteiger partial charge in [-0.05, 0) is 5.75 Å². The van der Waals surface area contributed by atoms with Crippen molar-refractivity contribution in [2.24, 2.45) is 0 Å². The second kappa shape index (κ2) is 4.73. The van der Waals surface area contributed by atoms with E-state index in [4.69, 9.17) is 5.11 Å². The predicted octanol–water partition coefficient (Wildman–Crippen LogP) is 3.05. The lowest BCUT2D eigenvalue weighted by molar-refractivity contribution is 0.0683. The van der Waals surface area contributed by atoms with Crippen molar-refractivity contribution in [3.8, 4) is 0 Å². The molecule has 16 heavy (non-hydrogen) atoms. The first-order valence-electron chi connectivity index (χ1n) is 4.13. The average Bonchev–Trinajstić information content (AvgIpc) is 2.21. The molecule has 0 radical (unpaired) electrons. The summed E-state index contributed by atoms with van der Waals surface area (Å²) < 4.78 is 52.6. The first kappa shape index (κ1) is 12.8. The lowest BCUT2D eigenvalue weighted by atomic mass is 10.2. The zero-order valence-electron chi connectivity index (χ0n) is 7.98. The molecule has 2 nitrogen and oxygen atoms in total. The molecule has 1 rings (SSSR count). The van der Waals surface area contributed by atoms with Crippen LogP contribution in [0.3, 0.4) is 0 Å². The van der Waals surface area contributed by atoms with Crippen molar-refractivity contribution in [1.82, 2.24) is 0 Å². The van der Waals surface area contributed by atoms with Crippen LogP contribution in [-0.2, 0) is 0 Å². The number of hydrogen-bond donors (Lipinski definition) is 1. The summed E-state index contributed by atoms with van der Waals surface area (Å²) >= 11 is 0.554. The first-order chi connectivity index (χ1) is 7.41. The summed E-state index contributed by atoms with van der Waals surface area (Å²) in [6.07, 6.45) is 0. The number of aromatic carboxylic acids is 1. The number of carbonyl (C=O) groups is 1. The Kier molecular flexibility index (Phi) is 3.79. The van der Waals surface area contributed by atoms with Crippen LogP contribution in [0.15, 0.2) is 4.90 Å². The minimum Gasteiger partial charge on any atom is -0.477 e. The van der Waals surface area contributed by atoms with Crippen molar-refractivity contribution in [3.05, 3.63) is 28.8 Å². The summed E-state index contributed by atoms with van der Waals surface area (Å²) in [5.41, 5.74) is -1.62. The third kappa shape index (κ3) is 1.99. The van der Waals surface area contributed by atoms with Gasteiger partial charge in [-0.3, -0.25) is 0 Å². The largest absolute Gasteiger partial charge is 0.477 e. The zero-order valence-corrected chi connectivity index (χ0v) is 8.80. The van der Waals surface area contributed by atoms with Crippen LogP contribution < -0.4 is 0 Å². The molecule has 0 heterocycles. The molecular weight excluding hydrogens is 248 g/mol. The third-order valence-electron chi connectivity index (χ3n) is 1.73. The fraction of sp³-hybridized carbons (Fsp3) is 0.222. The van der Waals surface area contributed by atoms with Crippen molar-refractivity contribution in [2.75, 3.05) is 5.75 Å². The molecule has 0 bridgehead atoms. The molecule has 1 aromatic rings. The van der Waals surface area contributed by atoms with Gasteiger partial charge in [0.05, 0.1) is 4.90 Å². The fourth-order valence-corrected chi connectivity index (χ4v) is 1.79. The van der Waals surface area contributed by atoms with E-state index in [0.717, 1.165) is 0 Å². The molecule has 0 saturated carbocycles. The Bertz CT molecular complexity index is 419. The van der Waals surface area contributed by atoms with Gasteiger partial charge in [-0.1, -0.05) is 6.92 Å². The SMILES string of the molecule is CCSc1c(F)c(F)c(C(=O)O)c(F)c1F. The van der Waals surface area contributed by atoms with Crippen LogP contribution in [0.25, 0.3) is 0 Å². The molecule has 0 spiro atoms. The van der Waals surface area contributed by atoms with Crippen LogP contribution in [0, 0.1) is 23.3 Å². The summed E-state index contributed by atoms with van der Waals surface area (Å²) in [6, 6.07) is 0. The fourth-order valence-electron chi connectivity index (χ4n) is 1.07. The minimum absolute atomic E-state index is 0.194. The van der Waals surface area contributed by atoms with E-state index in [1.54, 1.807) is 0 Å². The average molecular weight is 254 g/mol. The van der Waals surface area contributed by atoms with Gasteiger partial charge in [0, 0.05) is 0 Å². The quantitative estimate of drug-likeness (QED) is 0.511. The molecule has 7 heteroatoms. The Morgan fingerprint density at radius 3 is 1.88 bits per heavy atom. The standard InChI is InChI=1S/C9H6F4O2S/c1-2-16-8-6(12)4(10)3(9(14)15)5(11)7(8)13/h2H2,1H3,(H,14,15). The molecule has 0 aliphatic carbocycles. The predicted molar refractivity (Wildman–Crippen MR) is 49.6 cm³/mol. The lowest BCUT2D eigenvalue weighted by Gasteiger charge is -2.08. The smallest absolute Gasteiger partial charge is 0.341 e. The maximum Gasteiger partial charge on any atom is 0.341 e. The van der Waals surface area contributed by atoms with Gasteiger partial charge in [-0.2, -0.15) is 0 Å². The normalized spacial score (nSPS) is 10.6. The summed E-state index contributed by atoms with van der Waals surface area (Å²) in [7, 11) is 0. The summed E-state index contributed by atoms with van der Waals surface area (Å²) in [5, 5.41) is 8.40. The molecular formula is C9H6F4O2S. The van der Waals surface area contributed by atoms with Gasteiger partial charge in [-0.25, -0.2) is 22.4 Å². The van der Waals surface area contributed by atoms with Crippen molar-refractivity contribution < 1.29 is 27.5 Å². The molecule has 88 valence electrons. The molecule has 1 aromatic carbocycles. The van der Waals surface area contributed by atoms with Gasteiger partial charge in [0.2, 0.25) is 0 Å². The Morgan fingerprint density at radius 2 is 1.56 bits per heavy atom. The summed E-state index contributed by atoms with van der Waals surface area (Å²) in [4.78, 5) is 9.55. The van der Waals surface area contributed by atoms with Crippen LogP contribution in [0.4, 0.5) is 17.6 Å². The third-order valence-corrected chi connectivity index (χ3v) is 2.66. The molecule has 0 fully saturated rings. The maximum atomic E-state index is 13.2. The number of thioether (sulfide) groups is 1. The highest BCUT2D eigenvalue weighted by Gasteiger charge is 2.28. The van der Waals surface area contributed by atoms with E-state index in [9.17, 15) is 22.4 Å². The van der Waals surface area contributed by atoms with E-state index in [2.05, 4.69) is 0 Å². The molecule has 0 saturated heterocycles. The molecule has 0 aromatic heterocycles. The Hall–Kier alpha value is -1.24. The summed E-state index contributed by atoms with van der Waals surface area (Å²) in [6.45, 7) is 1.53. The zero-order chi connectivity index (χ0) is 12.5. The Balaban J connectivity index is 3.56. The number of benzene rings is 1. The monoisotopic (exact) mass is 254 g/mol. The number of carboxylic acids is 1. The highest BCUT2D eigenvalue weighted by atomic mass is 32.2. The molecule has 0 amide bonds. The van der Waals surface area contributed by atoms with Gasteiger partial charge in [0.1, 0.15) is 5.56 Å². The van der Waals surface area contributed by atoms with Crippen LogP contribution in [-0.4, -0.2) is 16.8 Å². The maximum absolute atomic E-state index is 13.2. The first-order valence-corrected chi connectivity index (χ1v) is 5.12. The number of rotatable bonds is 3. The van der Waals surface area contributed by atoms with Crippen molar-refractivity contribution in [1.29, 1.82) is 0 Å². The second-order valence-corrected chi connectivity index (χ2v) is 3.97. The highest BCUT2D eigenvalue weighted by molar-refractivity contribution is 7.99. The number of hydrogen-bond acceptors (Lipinski definition) is 2. The van der Waals surface area contributed by atoms with Crippen LogP contribution in [0.1, 0.15) is 17.3 Å². The van der Waals surface area contributed by atoms with Gasteiger partial charge in [-0.15, -0.1) is 11.8 Å². The summed E-state index contributed by atoms with van der Waals surface area (Å²) in [5.74, 6) is -8.99. The van der Waals surface area contributed by atoms with Crippen molar-refractivity contribution in [2.45, 2.75) is 11.8 Å². The lowest BCUT2D eigenvalue weighted by Crippen LogP contribution is -2.11. The molecule has 0 unspecified atom stereocenters. The van der Waals surface area contributed by atoms with Gasteiger partial charge in [0.15, 0.2) is 23.3 Å². The van der Waals surface area contributed by atoms with E-state index >= 15 is 0 Å². The van der Waals surface area contributed by atoms with E-state index in [-0.39, 0.29) is 5.75 Å². The second-order valence-electron chi connectivity index (χ2n) is 2.70. The number of carboxylic acid groups (broad SMARTS) is 1. The minimum atomic E-state index is -2.05. The highest BCUT2D eigenvalue weighted by Crippen LogP contribution is 2.31.